The molecule has 1 aliphatic rings. The molecular formula is C10H11OP. The lowest BCUT2D eigenvalue weighted by Crippen LogP contribution is -2.06. The molecule has 0 heterocycles. The lowest BCUT2D eigenvalue weighted by Gasteiger charge is -2.09. The van der Waals surface area contributed by atoms with Crippen LogP contribution < -0.4 is 0 Å². The molecule has 12 heavy (non-hydrogen) atoms. The molecule has 0 radical (unpaired) electrons. The fourth-order valence-electron chi connectivity index (χ4n) is 1.07. The molecule has 0 spiro atoms. The number of allylic oxidation sites excluding steroid dienone is 4. The molecule has 2 atom stereocenters. The summed E-state index contributed by atoms with van der Waals surface area (Å²) >= 11 is 0. The topological polar surface area (TPSA) is 17.1 Å². The molecule has 0 saturated carbocycles. The Morgan fingerprint density at radius 2 is 2.50 bits per heavy atom. The summed E-state index contributed by atoms with van der Waals surface area (Å²) in [5.74, 6) is 5.81. The van der Waals surface area contributed by atoms with Gasteiger partial charge in [-0.15, -0.1) is 5.92 Å². The number of hydrogen-bond donors (Lipinski definition) is 0. The van der Waals surface area contributed by atoms with Crippen LogP contribution in [0.15, 0.2) is 23.8 Å². The van der Waals surface area contributed by atoms with Crippen LogP contribution in [0.4, 0.5) is 0 Å². The first kappa shape index (κ1) is 9.23. The molecule has 0 aromatic heterocycles. The van der Waals surface area contributed by atoms with E-state index in [1.54, 1.807) is 0 Å². The van der Waals surface area contributed by atoms with Crippen LogP contribution in [-0.4, -0.2) is 5.52 Å². The van der Waals surface area contributed by atoms with Gasteiger partial charge in [0.05, 0.1) is 0 Å². The maximum Gasteiger partial charge on any atom is 0.155 e. The van der Waals surface area contributed by atoms with E-state index in [1.165, 1.54) is 0 Å². The molecule has 62 valence electrons. The highest BCUT2D eigenvalue weighted by molar-refractivity contribution is 7.40. The second-order valence-electron chi connectivity index (χ2n) is 2.64. The van der Waals surface area contributed by atoms with E-state index in [0.29, 0.717) is 0 Å². The molecule has 2 heteroatoms. The van der Waals surface area contributed by atoms with Crippen molar-refractivity contribution < 1.29 is 4.79 Å². The summed E-state index contributed by atoms with van der Waals surface area (Å²) in [6, 6.07) is 0. The van der Waals surface area contributed by atoms with Gasteiger partial charge < -0.3 is 0 Å². The molecule has 0 fully saturated rings. The minimum Gasteiger partial charge on any atom is -0.295 e. The average Bonchev–Trinajstić information content (AvgIpc) is 2.06. The smallest absolute Gasteiger partial charge is 0.155 e. The molecular weight excluding hydrogens is 167 g/mol. The molecule has 0 N–H and O–H groups in total. The maximum absolute atomic E-state index is 10.9. The van der Waals surface area contributed by atoms with Gasteiger partial charge in [-0.05, 0) is 13.3 Å². The molecule has 0 amide bonds. The van der Waals surface area contributed by atoms with Crippen LogP contribution in [0.3, 0.4) is 0 Å². The summed E-state index contributed by atoms with van der Waals surface area (Å²) in [5, 5.41) is 0. The van der Waals surface area contributed by atoms with Gasteiger partial charge in [0.25, 0.3) is 0 Å². The predicted molar refractivity (Wildman–Crippen MR) is 53.5 cm³/mol. The van der Waals surface area contributed by atoms with Gasteiger partial charge in [0.2, 0.25) is 0 Å². The van der Waals surface area contributed by atoms with Crippen LogP contribution in [0.2, 0.25) is 0 Å². The third-order valence-electron chi connectivity index (χ3n) is 1.73. The first-order valence-corrected chi connectivity index (χ1v) is 4.42. The van der Waals surface area contributed by atoms with Crippen molar-refractivity contribution in [2.24, 2.45) is 5.92 Å². The van der Waals surface area contributed by atoms with Gasteiger partial charge >= 0.3 is 0 Å². The first-order valence-electron chi connectivity index (χ1n) is 3.84. The lowest BCUT2D eigenvalue weighted by molar-refractivity contribution is -0.113. The van der Waals surface area contributed by atoms with Crippen LogP contribution in [-0.2, 0) is 4.79 Å². The second kappa shape index (κ2) is 4.24. The van der Waals surface area contributed by atoms with Gasteiger partial charge in [-0.25, -0.2) is 0 Å². The highest BCUT2D eigenvalue weighted by Gasteiger charge is 2.11. The zero-order chi connectivity index (χ0) is 8.97. The van der Waals surface area contributed by atoms with Gasteiger partial charge in [-0.3, -0.25) is 4.79 Å². The van der Waals surface area contributed by atoms with Crippen LogP contribution >= 0.6 is 9.24 Å². The second-order valence-corrected chi connectivity index (χ2v) is 3.21. The van der Waals surface area contributed by atoms with E-state index in [2.05, 4.69) is 21.1 Å². The van der Waals surface area contributed by atoms with Crippen LogP contribution in [0, 0.1) is 17.8 Å². The Labute approximate surface area is 75.1 Å². The third kappa shape index (κ3) is 2.32. The normalized spacial score (nSPS) is 20.8. The van der Waals surface area contributed by atoms with Crippen LogP contribution in [0.25, 0.3) is 0 Å². The van der Waals surface area contributed by atoms with E-state index in [4.69, 9.17) is 0 Å². The van der Waals surface area contributed by atoms with Crippen molar-refractivity contribution in [1.82, 2.24) is 0 Å². The summed E-state index contributed by atoms with van der Waals surface area (Å²) in [6.45, 7) is 1.81. The minimum absolute atomic E-state index is 0.0393. The Balaban J connectivity index is 2.65. The Kier molecular flexibility index (Phi) is 3.26. The largest absolute Gasteiger partial charge is 0.295 e. The summed E-state index contributed by atoms with van der Waals surface area (Å²) in [7, 11) is 2.21. The summed E-state index contributed by atoms with van der Waals surface area (Å²) in [6.07, 6.45) is 6.60. The Morgan fingerprint density at radius 1 is 1.75 bits per heavy atom. The molecule has 2 unspecified atom stereocenters. The molecule has 0 aromatic rings. The van der Waals surface area contributed by atoms with Gasteiger partial charge in [0, 0.05) is 11.5 Å². The van der Waals surface area contributed by atoms with Crippen molar-refractivity contribution in [3.05, 3.63) is 23.8 Å². The van der Waals surface area contributed by atoms with Gasteiger partial charge in [0.1, 0.15) is 0 Å². The van der Waals surface area contributed by atoms with E-state index >= 15 is 0 Å². The van der Waals surface area contributed by atoms with Gasteiger partial charge in [0.15, 0.2) is 5.52 Å². The quantitative estimate of drug-likeness (QED) is 0.443. The molecule has 0 saturated heterocycles. The average molecular weight is 178 g/mol. The zero-order valence-corrected chi connectivity index (χ0v) is 8.16. The fraction of sp³-hybridized carbons (Fsp3) is 0.300. The molecule has 1 rings (SSSR count). The SMILES string of the molecule is CC#CC1=CCC(C(=O)P)C=C1. The van der Waals surface area contributed by atoms with Gasteiger partial charge in [-0.2, -0.15) is 0 Å². The lowest BCUT2D eigenvalue weighted by atomic mass is 9.98. The molecule has 0 aliphatic heterocycles. The zero-order valence-electron chi connectivity index (χ0n) is 7.00. The van der Waals surface area contributed by atoms with Crippen LogP contribution in [0.1, 0.15) is 13.3 Å². The molecule has 0 aromatic carbocycles. The van der Waals surface area contributed by atoms with Crippen molar-refractivity contribution in [2.45, 2.75) is 13.3 Å². The standard InChI is InChI=1S/C10H11OP/c1-2-3-8-4-6-9(7-5-8)10(11)12/h4-6,9H,7,12H2,1H3. The van der Waals surface area contributed by atoms with E-state index in [0.717, 1.165) is 12.0 Å². The van der Waals surface area contributed by atoms with Crippen molar-refractivity contribution >= 4 is 14.8 Å². The molecule has 0 bridgehead atoms. The number of carbonyl (C=O) groups excluding carboxylic acids is 1. The fourth-order valence-corrected chi connectivity index (χ4v) is 1.32. The molecule has 1 nitrogen and oxygen atoms in total. The summed E-state index contributed by atoms with van der Waals surface area (Å²) in [5.41, 5.74) is 1.16. The van der Waals surface area contributed by atoms with Crippen molar-refractivity contribution in [2.75, 3.05) is 0 Å². The van der Waals surface area contributed by atoms with Crippen molar-refractivity contribution in [3.63, 3.8) is 0 Å². The van der Waals surface area contributed by atoms with Gasteiger partial charge in [-0.1, -0.05) is 33.4 Å². The summed E-state index contributed by atoms with van der Waals surface area (Å²) < 4.78 is 0. The van der Waals surface area contributed by atoms with E-state index in [1.807, 2.05) is 25.2 Å². The third-order valence-corrected chi connectivity index (χ3v) is 2.16. The number of hydrogen-bond acceptors (Lipinski definition) is 1. The Hall–Kier alpha value is -0.860. The predicted octanol–water partition coefficient (Wildman–Crippen LogP) is 1.91. The van der Waals surface area contributed by atoms with Crippen molar-refractivity contribution in [3.8, 4) is 11.8 Å². The minimum atomic E-state index is 0.0393. The van der Waals surface area contributed by atoms with Crippen LogP contribution in [0.5, 0.6) is 0 Å². The highest BCUT2D eigenvalue weighted by atomic mass is 31.0. The summed E-state index contributed by atoms with van der Waals surface area (Å²) in [4.78, 5) is 10.9. The Bertz CT molecular complexity index is 302. The maximum atomic E-state index is 10.9. The first-order chi connectivity index (χ1) is 5.74. The number of carbonyl (C=O) groups is 1. The van der Waals surface area contributed by atoms with Crippen molar-refractivity contribution in [1.29, 1.82) is 0 Å². The number of rotatable bonds is 1. The van der Waals surface area contributed by atoms with E-state index in [9.17, 15) is 4.79 Å². The Morgan fingerprint density at radius 3 is 2.92 bits per heavy atom. The van der Waals surface area contributed by atoms with E-state index in [-0.39, 0.29) is 11.4 Å². The van der Waals surface area contributed by atoms with E-state index < -0.39 is 0 Å². The molecule has 1 aliphatic carbocycles. The monoisotopic (exact) mass is 178 g/mol. The highest BCUT2D eigenvalue weighted by Crippen LogP contribution is 2.18.